The zero-order valence-corrected chi connectivity index (χ0v) is 5.01. The van der Waals surface area contributed by atoms with Gasteiger partial charge >= 0.3 is 0 Å². The molecular weight excluding hydrogens is 100 g/mol. The summed E-state index contributed by atoms with van der Waals surface area (Å²) in [5, 5.41) is 9.11. The summed E-state index contributed by atoms with van der Waals surface area (Å²) in [4.78, 5) is 0. The summed E-state index contributed by atoms with van der Waals surface area (Å²) >= 11 is 0. The molecule has 2 fully saturated rings. The Bertz CT molecular complexity index is 101. The molecule has 0 aromatic rings. The van der Waals surface area contributed by atoms with Gasteiger partial charge in [0.05, 0.1) is 6.10 Å². The molecule has 3 atom stereocenters. The van der Waals surface area contributed by atoms with E-state index in [2.05, 4.69) is 0 Å². The molecule has 0 bridgehead atoms. The fourth-order valence-electron chi connectivity index (χ4n) is 1.83. The van der Waals surface area contributed by atoms with Gasteiger partial charge in [0.25, 0.3) is 0 Å². The second-order valence-corrected chi connectivity index (χ2v) is 3.22. The first kappa shape index (κ1) is 4.80. The third-order valence-corrected chi connectivity index (χ3v) is 2.51. The first-order chi connectivity index (χ1) is 3.86. The highest BCUT2D eigenvalue weighted by atomic mass is 16.3. The molecule has 2 aliphatic carbocycles. The average Bonchev–Trinajstić information content (AvgIpc) is 2.43. The Balaban J connectivity index is 1.93. The molecule has 0 aromatic carbocycles. The highest BCUT2D eigenvalue weighted by molar-refractivity contribution is 4.92. The largest absolute Gasteiger partial charge is 0.393 e. The number of hydrogen-bond acceptors (Lipinski definition) is 1. The van der Waals surface area contributed by atoms with Crippen molar-refractivity contribution >= 4 is 0 Å². The number of aliphatic hydroxyl groups is 1. The first-order valence-corrected chi connectivity index (χ1v) is 3.54. The maximum atomic E-state index is 9.11. The molecule has 0 unspecified atom stereocenters. The lowest BCUT2D eigenvalue weighted by molar-refractivity contribution is 0.125. The second-order valence-electron chi connectivity index (χ2n) is 3.22. The third kappa shape index (κ3) is 0.655. The number of rotatable bonds is 0. The minimum absolute atomic E-state index is 0.0544. The van der Waals surface area contributed by atoms with Crippen molar-refractivity contribution in [1.29, 1.82) is 0 Å². The molecule has 2 aliphatic rings. The van der Waals surface area contributed by atoms with Crippen LogP contribution in [0.15, 0.2) is 0 Å². The van der Waals surface area contributed by atoms with E-state index in [0.717, 1.165) is 24.7 Å². The van der Waals surface area contributed by atoms with Crippen LogP contribution >= 0.6 is 0 Å². The van der Waals surface area contributed by atoms with Crippen molar-refractivity contribution in [1.82, 2.24) is 0 Å². The van der Waals surface area contributed by atoms with Gasteiger partial charge in [-0.1, -0.05) is 0 Å². The van der Waals surface area contributed by atoms with E-state index < -0.39 is 0 Å². The summed E-state index contributed by atoms with van der Waals surface area (Å²) in [6, 6.07) is 0. The van der Waals surface area contributed by atoms with Gasteiger partial charge in [0, 0.05) is 0 Å². The molecule has 2 rings (SSSR count). The fourth-order valence-corrected chi connectivity index (χ4v) is 1.83. The Morgan fingerprint density at radius 1 is 1.00 bits per heavy atom. The molecular formula is C7H12O. The van der Waals surface area contributed by atoms with Crippen molar-refractivity contribution in [2.24, 2.45) is 11.8 Å². The van der Waals surface area contributed by atoms with E-state index in [9.17, 15) is 0 Å². The predicted molar refractivity (Wildman–Crippen MR) is 31.5 cm³/mol. The zero-order chi connectivity index (χ0) is 5.56. The number of fused-ring (bicyclic) bond motifs is 1. The Morgan fingerprint density at radius 3 is 2.50 bits per heavy atom. The van der Waals surface area contributed by atoms with Crippen molar-refractivity contribution in [3.63, 3.8) is 0 Å². The second kappa shape index (κ2) is 1.47. The van der Waals surface area contributed by atoms with Gasteiger partial charge in [0.2, 0.25) is 0 Å². The summed E-state index contributed by atoms with van der Waals surface area (Å²) in [5.41, 5.74) is 0. The lowest BCUT2D eigenvalue weighted by atomic mass is 9.98. The van der Waals surface area contributed by atoms with Gasteiger partial charge in [-0.3, -0.25) is 0 Å². The molecule has 2 saturated carbocycles. The van der Waals surface area contributed by atoms with Crippen LogP contribution in [0.2, 0.25) is 0 Å². The highest BCUT2D eigenvalue weighted by Gasteiger charge is 2.41. The van der Waals surface area contributed by atoms with E-state index in [1.54, 1.807) is 0 Å². The summed E-state index contributed by atoms with van der Waals surface area (Å²) in [5.74, 6) is 1.96. The van der Waals surface area contributed by atoms with E-state index in [1.165, 1.54) is 12.8 Å². The number of aliphatic hydroxyl groups excluding tert-OH is 1. The molecule has 46 valence electrons. The molecule has 1 N–H and O–H groups in total. The van der Waals surface area contributed by atoms with Crippen LogP contribution in [0.5, 0.6) is 0 Å². The van der Waals surface area contributed by atoms with E-state index in [1.807, 2.05) is 0 Å². The fraction of sp³-hybridized carbons (Fsp3) is 1.00. The standard InChI is InChI=1S/C7H12O/c8-7-2-1-5-3-6(5)4-7/h5-8H,1-4H2/t5-,6-,7-/m0/s1. The van der Waals surface area contributed by atoms with Gasteiger partial charge in [-0.2, -0.15) is 0 Å². The van der Waals surface area contributed by atoms with Gasteiger partial charge in [0.15, 0.2) is 0 Å². The SMILES string of the molecule is O[C@H]1CC[C@H]2C[C@H]2C1. The Labute approximate surface area is 49.7 Å². The Hall–Kier alpha value is -0.0400. The maximum absolute atomic E-state index is 9.11. The summed E-state index contributed by atoms with van der Waals surface area (Å²) in [6.07, 6.45) is 4.94. The topological polar surface area (TPSA) is 20.2 Å². The van der Waals surface area contributed by atoms with E-state index in [0.29, 0.717) is 0 Å². The van der Waals surface area contributed by atoms with E-state index in [4.69, 9.17) is 5.11 Å². The minimum atomic E-state index is 0.0544. The third-order valence-electron chi connectivity index (χ3n) is 2.51. The molecule has 0 heterocycles. The van der Waals surface area contributed by atoms with Crippen LogP contribution in [0, 0.1) is 11.8 Å². The van der Waals surface area contributed by atoms with E-state index >= 15 is 0 Å². The quantitative estimate of drug-likeness (QED) is 0.498. The van der Waals surface area contributed by atoms with Gasteiger partial charge < -0.3 is 5.11 Å². The maximum Gasteiger partial charge on any atom is 0.0543 e. The van der Waals surface area contributed by atoms with Crippen LogP contribution in [-0.4, -0.2) is 11.2 Å². The van der Waals surface area contributed by atoms with Crippen LogP contribution < -0.4 is 0 Å². The van der Waals surface area contributed by atoms with Crippen molar-refractivity contribution < 1.29 is 5.11 Å². The average molecular weight is 112 g/mol. The van der Waals surface area contributed by atoms with Crippen molar-refractivity contribution in [3.05, 3.63) is 0 Å². The zero-order valence-electron chi connectivity index (χ0n) is 5.01. The van der Waals surface area contributed by atoms with E-state index in [-0.39, 0.29) is 6.10 Å². The highest BCUT2D eigenvalue weighted by Crippen LogP contribution is 2.49. The first-order valence-electron chi connectivity index (χ1n) is 3.54. The molecule has 1 nitrogen and oxygen atoms in total. The van der Waals surface area contributed by atoms with Crippen LogP contribution in [0.1, 0.15) is 25.7 Å². The van der Waals surface area contributed by atoms with Crippen LogP contribution in [-0.2, 0) is 0 Å². The summed E-state index contributed by atoms with van der Waals surface area (Å²) in [6.45, 7) is 0. The van der Waals surface area contributed by atoms with Gasteiger partial charge in [-0.15, -0.1) is 0 Å². The van der Waals surface area contributed by atoms with Crippen molar-refractivity contribution in [3.8, 4) is 0 Å². The molecule has 0 aromatic heterocycles. The Morgan fingerprint density at radius 2 is 1.88 bits per heavy atom. The smallest absolute Gasteiger partial charge is 0.0543 e. The van der Waals surface area contributed by atoms with Crippen molar-refractivity contribution in [2.45, 2.75) is 31.8 Å². The summed E-state index contributed by atoms with van der Waals surface area (Å²) < 4.78 is 0. The normalized spacial score (nSPS) is 52.9. The monoisotopic (exact) mass is 112 g/mol. The van der Waals surface area contributed by atoms with Crippen molar-refractivity contribution in [2.75, 3.05) is 0 Å². The predicted octanol–water partition coefficient (Wildman–Crippen LogP) is 1.17. The lowest BCUT2D eigenvalue weighted by Gasteiger charge is -2.14. The van der Waals surface area contributed by atoms with Crippen LogP contribution in [0.25, 0.3) is 0 Å². The lowest BCUT2D eigenvalue weighted by Crippen LogP contribution is -2.12. The molecule has 0 radical (unpaired) electrons. The Kier molecular flexibility index (Phi) is 0.884. The van der Waals surface area contributed by atoms with Crippen LogP contribution in [0.3, 0.4) is 0 Å². The summed E-state index contributed by atoms with van der Waals surface area (Å²) in [7, 11) is 0. The molecule has 0 aliphatic heterocycles. The molecule has 0 amide bonds. The molecule has 0 spiro atoms. The molecule has 0 saturated heterocycles. The molecule has 1 heteroatoms. The minimum Gasteiger partial charge on any atom is -0.393 e. The molecule has 8 heavy (non-hydrogen) atoms. The van der Waals surface area contributed by atoms with Gasteiger partial charge in [-0.25, -0.2) is 0 Å². The van der Waals surface area contributed by atoms with Crippen LogP contribution in [0.4, 0.5) is 0 Å². The van der Waals surface area contributed by atoms with Gasteiger partial charge in [-0.05, 0) is 37.5 Å². The number of hydrogen-bond donors (Lipinski definition) is 1. The van der Waals surface area contributed by atoms with Gasteiger partial charge in [0.1, 0.15) is 0 Å².